The van der Waals surface area contributed by atoms with Gasteiger partial charge in [-0.2, -0.15) is 0 Å². The SMILES string of the molecule is CC1CCCN1c1nc(C(C)(C)C)c(C(=O)O)s1. The molecule has 1 aliphatic heterocycles. The first-order valence-corrected chi connectivity index (χ1v) is 7.13. The van der Waals surface area contributed by atoms with Gasteiger partial charge in [-0.15, -0.1) is 0 Å². The maximum absolute atomic E-state index is 11.3. The van der Waals surface area contributed by atoms with Crippen molar-refractivity contribution in [2.45, 2.75) is 52.0 Å². The van der Waals surface area contributed by atoms with Gasteiger partial charge in [0.1, 0.15) is 4.88 Å². The fourth-order valence-electron chi connectivity index (χ4n) is 2.30. The van der Waals surface area contributed by atoms with Crippen molar-refractivity contribution in [2.75, 3.05) is 11.4 Å². The number of hydrogen-bond donors (Lipinski definition) is 1. The van der Waals surface area contributed by atoms with E-state index in [1.807, 2.05) is 20.8 Å². The third kappa shape index (κ3) is 2.36. The van der Waals surface area contributed by atoms with Gasteiger partial charge in [0.25, 0.3) is 0 Å². The van der Waals surface area contributed by atoms with Gasteiger partial charge in [-0.25, -0.2) is 9.78 Å². The second kappa shape index (κ2) is 4.53. The maximum Gasteiger partial charge on any atom is 0.347 e. The number of aromatic carboxylic acids is 1. The Morgan fingerprint density at radius 1 is 1.50 bits per heavy atom. The van der Waals surface area contributed by atoms with Gasteiger partial charge in [0.05, 0.1) is 5.69 Å². The number of carbonyl (C=O) groups is 1. The van der Waals surface area contributed by atoms with Gasteiger partial charge in [0, 0.05) is 18.0 Å². The molecule has 1 atom stereocenters. The van der Waals surface area contributed by atoms with Crippen LogP contribution < -0.4 is 4.90 Å². The van der Waals surface area contributed by atoms with Crippen molar-refractivity contribution in [3.63, 3.8) is 0 Å². The fraction of sp³-hybridized carbons (Fsp3) is 0.692. The molecule has 0 amide bonds. The number of carboxylic acid groups (broad SMARTS) is 1. The zero-order chi connectivity index (χ0) is 13.5. The lowest BCUT2D eigenvalue weighted by Gasteiger charge is -2.20. The van der Waals surface area contributed by atoms with Crippen molar-refractivity contribution in [3.8, 4) is 0 Å². The lowest BCUT2D eigenvalue weighted by Crippen LogP contribution is -2.26. The van der Waals surface area contributed by atoms with Crippen molar-refractivity contribution in [3.05, 3.63) is 10.6 Å². The van der Waals surface area contributed by atoms with Crippen LogP contribution in [0.15, 0.2) is 0 Å². The molecule has 1 unspecified atom stereocenters. The third-order valence-corrected chi connectivity index (χ3v) is 4.40. The van der Waals surface area contributed by atoms with Crippen LogP contribution in [0, 0.1) is 0 Å². The van der Waals surface area contributed by atoms with Gasteiger partial charge in [-0.3, -0.25) is 0 Å². The Hall–Kier alpha value is -1.10. The predicted molar refractivity (Wildman–Crippen MR) is 73.8 cm³/mol. The van der Waals surface area contributed by atoms with Crippen LogP contribution in [0.2, 0.25) is 0 Å². The first-order chi connectivity index (χ1) is 8.30. The third-order valence-electron chi connectivity index (χ3n) is 3.32. The minimum absolute atomic E-state index is 0.231. The Morgan fingerprint density at radius 3 is 2.56 bits per heavy atom. The first kappa shape index (κ1) is 13.3. The Labute approximate surface area is 112 Å². The monoisotopic (exact) mass is 268 g/mol. The van der Waals surface area contributed by atoms with Crippen LogP contribution in [0.3, 0.4) is 0 Å². The molecule has 100 valence electrons. The quantitative estimate of drug-likeness (QED) is 0.895. The van der Waals surface area contributed by atoms with Crippen LogP contribution in [-0.2, 0) is 5.41 Å². The summed E-state index contributed by atoms with van der Waals surface area (Å²) in [4.78, 5) is 18.5. The number of rotatable bonds is 2. The van der Waals surface area contributed by atoms with Crippen LogP contribution >= 0.6 is 11.3 Å². The number of anilines is 1. The summed E-state index contributed by atoms with van der Waals surface area (Å²) in [5.41, 5.74) is 0.472. The Kier molecular flexibility index (Phi) is 3.36. The highest BCUT2D eigenvalue weighted by Gasteiger charge is 2.30. The highest BCUT2D eigenvalue weighted by Crippen LogP contribution is 2.36. The van der Waals surface area contributed by atoms with E-state index in [-0.39, 0.29) is 5.41 Å². The molecule has 1 aliphatic rings. The number of nitrogens with zero attached hydrogens (tertiary/aromatic N) is 2. The molecular formula is C13H20N2O2S. The summed E-state index contributed by atoms with van der Waals surface area (Å²) in [6.45, 7) is 9.17. The molecule has 5 heteroatoms. The normalized spacial score (nSPS) is 20.4. The Morgan fingerprint density at radius 2 is 2.17 bits per heavy atom. The minimum Gasteiger partial charge on any atom is -0.477 e. The second-order valence-electron chi connectivity index (χ2n) is 5.91. The Balaban J connectivity index is 2.42. The Bertz CT molecular complexity index is 462. The molecule has 0 aromatic carbocycles. The average molecular weight is 268 g/mol. The molecule has 1 aromatic heterocycles. The maximum atomic E-state index is 11.3. The van der Waals surface area contributed by atoms with Crippen LogP contribution in [0.5, 0.6) is 0 Å². The smallest absolute Gasteiger partial charge is 0.347 e. The zero-order valence-electron chi connectivity index (χ0n) is 11.4. The van der Waals surface area contributed by atoms with Crippen molar-refractivity contribution in [1.82, 2.24) is 4.98 Å². The van der Waals surface area contributed by atoms with Gasteiger partial charge >= 0.3 is 5.97 Å². The van der Waals surface area contributed by atoms with Crippen LogP contribution in [0.25, 0.3) is 0 Å². The molecular weight excluding hydrogens is 248 g/mol. The van der Waals surface area contributed by atoms with E-state index >= 15 is 0 Å². The van der Waals surface area contributed by atoms with Crippen LogP contribution in [-0.4, -0.2) is 28.6 Å². The van der Waals surface area contributed by atoms with Crippen LogP contribution in [0.1, 0.15) is 55.9 Å². The number of thiazole rings is 1. The van der Waals surface area contributed by atoms with Crippen molar-refractivity contribution in [2.24, 2.45) is 0 Å². The number of hydrogen-bond acceptors (Lipinski definition) is 4. The molecule has 1 N–H and O–H groups in total. The summed E-state index contributed by atoms with van der Waals surface area (Å²) in [6.07, 6.45) is 2.32. The molecule has 0 radical (unpaired) electrons. The molecule has 2 heterocycles. The van der Waals surface area contributed by atoms with Gasteiger partial charge in [0.2, 0.25) is 0 Å². The molecule has 2 rings (SSSR count). The number of carboxylic acids is 1. The second-order valence-corrected chi connectivity index (χ2v) is 6.89. The fourth-order valence-corrected chi connectivity index (χ4v) is 3.55. The van der Waals surface area contributed by atoms with E-state index in [0.717, 1.165) is 24.5 Å². The summed E-state index contributed by atoms with van der Waals surface area (Å²) >= 11 is 1.31. The van der Waals surface area contributed by atoms with E-state index < -0.39 is 5.97 Å². The van der Waals surface area contributed by atoms with Gasteiger partial charge in [0.15, 0.2) is 5.13 Å². The first-order valence-electron chi connectivity index (χ1n) is 6.32. The van der Waals surface area contributed by atoms with E-state index in [9.17, 15) is 9.90 Å². The molecule has 0 bridgehead atoms. The molecule has 1 aromatic rings. The standard InChI is InChI=1S/C13H20N2O2S/c1-8-6-5-7-15(8)12-14-10(13(2,3)4)9(18-12)11(16)17/h8H,5-7H2,1-4H3,(H,16,17). The topological polar surface area (TPSA) is 53.4 Å². The lowest BCUT2D eigenvalue weighted by atomic mass is 9.91. The van der Waals surface area contributed by atoms with Crippen molar-refractivity contribution < 1.29 is 9.90 Å². The van der Waals surface area contributed by atoms with Crippen molar-refractivity contribution >= 4 is 22.4 Å². The molecule has 1 saturated heterocycles. The van der Waals surface area contributed by atoms with E-state index in [4.69, 9.17) is 0 Å². The molecule has 4 nitrogen and oxygen atoms in total. The van der Waals surface area contributed by atoms with E-state index in [1.54, 1.807) is 0 Å². The van der Waals surface area contributed by atoms with E-state index in [2.05, 4.69) is 16.8 Å². The molecule has 0 aliphatic carbocycles. The minimum atomic E-state index is -0.865. The molecule has 0 saturated carbocycles. The molecule has 1 fully saturated rings. The number of aromatic nitrogens is 1. The summed E-state index contributed by atoms with van der Waals surface area (Å²) in [5, 5.41) is 10.2. The average Bonchev–Trinajstić information content (AvgIpc) is 2.81. The molecule has 0 spiro atoms. The summed E-state index contributed by atoms with van der Waals surface area (Å²) in [5.74, 6) is -0.865. The highest BCUT2D eigenvalue weighted by atomic mass is 32.1. The predicted octanol–water partition coefficient (Wildman–Crippen LogP) is 3.13. The highest BCUT2D eigenvalue weighted by molar-refractivity contribution is 7.17. The van der Waals surface area contributed by atoms with E-state index in [1.165, 1.54) is 11.3 Å². The summed E-state index contributed by atoms with van der Waals surface area (Å²) < 4.78 is 0. The lowest BCUT2D eigenvalue weighted by molar-refractivity contribution is 0.0699. The summed E-state index contributed by atoms with van der Waals surface area (Å²) in [6, 6.07) is 0.464. The zero-order valence-corrected chi connectivity index (χ0v) is 12.2. The summed E-state index contributed by atoms with van der Waals surface area (Å²) in [7, 11) is 0. The van der Waals surface area contributed by atoms with Gasteiger partial charge < -0.3 is 10.0 Å². The largest absolute Gasteiger partial charge is 0.477 e. The van der Waals surface area contributed by atoms with E-state index in [0.29, 0.717) is 16.6 Å². The van der Waals surface area contributed by atoms with Gasteiger partial charge in [-0.05, 0) is 19.8 Å². The van der Waals surface area contributed by atoms with Gasteiger partial charge in [-0.1, -0.05) is 32.1 Å². The van der Waals surface area contributed by atoms with Crippen molar-refractivity contribution in [1.29, 1.82) is 0 Å². The van der Waals surface area contributed by atoms with Crippen LogP contribution in [0.4, 0.5) is 5.13 Å². The molecule has 18 heavy (non-hydrogen) atoms.